The van der Waals surface area contributed by atoms with Crippen molar-refractivity contribution in [1.29, 1.82) is 0 Å². The molecule has 0 aliphatic carbocycles. The predicted molar refractivity (Wildman–Crippen MR) is 140 cm³/mol. The Balaban J connectivity index is 1.63. The lowest BCUT2D eigenvalue weighted by molar-refractivity contribution is 0.0981. The highest BCUT2D eigenvalue weighted by Gasteiger charge is 2.22. The van der Waals surface area contributed by atoms with Gasteiger partial charge in [-0.1, -0.05) is 79.8 Å². The Morgan fingerprint density at radius 3 is 2.09 bits per heavy atom. The molecule has 5 nitrogen and oxygen atoms in total. The second kappa shape index (κ2) is 10.7. The molecule has 4 aromatic rings. The summed E-state index contributed by atoms with van der Waals surface area (Å²) in [6, 6.07) is 22.2. The summed E-state index contributed by atoms with van der Waals surface area (Å²) in [6.45, 7) is 9.44. The zero-order valence-electron chi connectivity index (χ0n) is 19.8. The number of fused-ring (bicyclic) bond motifs is 1. The average molecular weight is 472 g/mol. The summed E-state index contributed by atoms with van der Waals surface area (Å²) in [5.41, 5.74) is 3.77. The van der Waals surface area contributed by atoms with Crippen molar-refractivity contribution < 1.29 is 9.59 Å². The van der Waals surface area contributed by atoms with Crippen LogP contribution in [-0.4, -0.2) is 47.8 Å². The molecule has 0 fully saturated rings. The van der Waals surface area contributed by atoms with Crippen LogP contribution in [-0.2, 0) is 0 Å². The van der Waals surface area contributed by atoms with Gasteiger partial charge in [-0.15, -0.1) is 0 Å². The molecule has 0 N–H and O–H groups in total. The van der Waals surface area contributed by atoms with Crippen LogP contribution in [0.1, 0.15) is 45.7 Å². The number of anilines is 1. The Labute approximate surface area is 204 Å². The van der Waals surface area contributed by atoms with Crippen molar-refractivity contribution in [1.82, 2.24) is 9.88 Å². The normalized spacial score (nSPS) is 11.2. The van der Waals surface area contributed by atoms with Gasteiger partial charge in [-0.2, -0.15) is 0 Å². The standard InChI is InChI=1S/C28H29N3O2S/c1-4-30(5-2)18-19-31(28-29-25-20(3)10-9-13-24(25)34-28)27(33)23-16-14-22(15-17-23)26(32)21-11-7-6-8-12-21/h6-17H,4-5,18-19H2,1-3H3. The van der Waals surface area contributed by atoms with Crippen LogP contribution in [0.25, 0.3) is 10.2 Å². The van der Waals surface area contributed by atoms with Crippen molar-refractivity contribution in [3.8, 4) is 0 Å². The number of benzene rings is 3. The number of carbonyl (C=O) groups excluding carboxylic acids is 2. The van der Waals surface area contributed by atoms with Gasteiger partial charge in [0.05, 0.1) is 10.2 Å². The Kier molecular flexibility index (Phi) is 7.50. The quantitative estimate of drug-likeness (QED) is 0.289. The molecule has 0 atom stereocenters. The molecule has 0 aliphatic heterocycles. The highest BCUT2D eigenvalue weighted by atomic mass is 32.1. The molecule has 0 saturated heterocycles. The number of aromatic nitrogens is 1. The second-order valence-electron chi connectivity index (χ2n) is 8.17. The molecule has 1 heterocycles. The first-order chi connectivity index (χ1) is 16.5. The fourth-order valence-electron chi connectivity index (χ4n) is 3.93. The topological polar surface area (TPSA) is 53.5 Å². The monoisotopic (exact) mass is 471 g/mol. The summed E-state index contributed by atoms with van der Waals surface area (Å²) in [4.78, 5) is 35.3. The number of ketones is 1. The van der Waals surface area contributed by atoms with Crippen LogP contribution in [0.4, 0.5) is 5.13 Å². The third-order valence-corrected chi connectivity index (χ3v) is 7.09. The van der Waals surface area contributed by atoms with Crippen LogP contribution in [0.3, 0.4) is 0 Å². The maximum absolute atomic E-state index is 13.6. The van der Waals surface area contributed by atoms with E-state index in [-0.39, 0.29) is 11.7 Å². The molecule has 0 unspecified atom stereocenters. The Morgan fingerprint density at radius 2 is 1.44 bits per heavy atom. The molecule has 3 aromatic carbocycles. The van der Waals surface area contributed by atoms with Crippen LogP contribution in [0.2, 0.25) is 0 Å². The van der Waals surface area contributed by atoms with Gasteiger partial charge in [0.1, 0.15) is 0 Å². The molecule has 0 saturated carbocycles. The van der Waals surface area contributed by atoms with Crippen molar-refractivity contribution in [2.45, 2.75) is 20.8 Å². The lowest BCUT2D eigenvalue weighted by Gasteiger charge is -2.24. The van der Waals surface area contributed by atoms with Crippen molar-refractivity contribution in [3.63, 3.8) is 0 Å². The van der Waals surface area contributed by atoms with Crippen molar-refractivity contribution in [3.05, 3.63) is 95.1 Å². The minimum absolute atomic E-state index is 0.0559. The van der Waals surface area contributed by atoms with Gasteiger partial charge >= 0.3 is 0 Å². The maximum atomic E-state index is 13.6. The first-order valence-corrected chi connectivity index (χ1v) is 12.4. The van der Waals surface area contributed by atoms with E-state index in [9.17, 15) is 9.59 Å². The van der Waals surface area contributed by atoms with Crippen molar-refractivity contribution in [2.24, 2.45) is 0 Å². The van der Waals surface area contributed by atoms with Gasteiger partial charge in [-0.3, -0.25) is 14.5 Å². The smallest absolute Gasteiger partial charge is 0.260 e. The van der Waals surface area contributed by atoms with Gasteiger partial charge in [0, 0.05) is 29.8 Å². The van der Waals surface area contributed by atoms with Gasteiger partial charge in [0.25, 0.3) is 5.91 Å². The Morgan fingerprint density at radius 1 is 0.794 bits per heavy atom. The van der Waals surface area contributed by atoms with E-state index in [1.54, 1.807) is 41.3 Å². The maximum Gasteiger partial charge on any atom is 0.260 e. The number of rotatable bonds is 9. The number of amides is 1. The summed E-state index contributed by atoms with van der Waals surface area (Å²) in [5, 5.41) is 0.700. The highest BCUT2D eigenvalue weighted by molar-refractivity contribution is 7.22. The number of thiazole rings is 1. The van der Waals surface area contributed by atoms with Gasteiger partial charge in [-0.05, 0) is 43.8 Å². The van der Waals surface area contributed by atoms with E-state index >= 15 is 0 Å². The largest absolute Gasteiger partial charge is 0.302 e. The molecule has 174 valence electrons. The van der Waals surface area contributed by atoms with Crippen LogP contribution < -0.4 is 4.90 Å². The predicted octanol–water partition coefficient (Wildman–Crippen LogP) is 5.82. The lowest BCUT2D eigenvalue weighted by Crippen LogP contribution is -2.38. The Hall–Kier alpha value is -3.35. The summed E-state index contributed by atoms with van der Waals surface area (Å²) >= 11 is 1.54. The fraction of sp³-hybridized carbons (Fsp3) is 0.250. The zero-order chi connectivity index (χ0) is 24.1. The number of hydrogen-bond donors (Lipinski definition) is 0. The average Bonchev–Trinajstić information content (AvgIpc) is 3.32. The molecule has 34 heavy (non-hydrogen) atoms. The number of nitrogens with zero attached hydrogens (tertiary/aromatic N) is 3. The van der Waals surface area contributed by atoms with E-state index in [0.29, 0.717) is 28.4 Å². The molecule has 4 rings (SSSR count). The molecule has 0 radical (unpaired) electrons. The third-order valence-electron chi connectivity index (χ3n) is 6.05. The lowest BCUT2D eigenvalue weighted by atomic mass is 10.0. The van der Waals surface area contributed by atoms with Gasteiger partial charge < -0.3 is 4.90 Å². The van der Waals surface area contributed by atoms with Crippen LogP contribution in [0.15, 0.2) is 72.8 Å². The molecule has 6 heteroatoms. The van der Waals surface area contributed by atoms with E-state index in [1.807, 2.05) is 43.3 Å². The zero-order valence-corrected chi connectivity index (χ0v) is 20.6. The minimum atomic E-state index is -0.109. The van der Waals surface area contributed by atoms with Crippen LogP contribution in [0.5, 0.6) is 0 Å². The molecule has 1 aromatic heterocycles. The second-order valence-corrected chi connectivity index (χ2v) is 9.18. The third kappa shape index (κ3) is 5.08. The van der Waals surface area contributed by atoms with Gasteiger partial charge in [-0.25, -0.2) is 4.98 Å². The number of para-hydroxylation sites is 1. The minimum Gasteiger partial charge on any atom is -0.302 e. The fourth-order valence-corrected chi connectivity index (χ4v) is 5.00. The number of likely N-dealkylation sites (N-methyl/N-ethyl adjacent to an activating group) is 1. The first-order valence-electron chi connectivity index (χ1n) is 11.6. The number of hydrogen-bond acceptors (Lipinski definition) is 5. The molecule has 1 amide bonds. The number of aryl methyl sites for hydroxylation is 1. The first kappa shape index (κ1) is 23.8. The Bertz CT molecular complexity index is 1280. The highest BCUT2D eigenvalue weighted by Crippen LogP contribution is 2.31. The van der Waals surface area contributed by atoms with E-state index in [1.165, 1.54) is 11.3 Å². The molecular weight excluding hydrogens is 442 g/mol. The van der Waals surface area contributed by atoms with Crippen LogP contribution >= 0.6 is 11.3 Å². The molecule has 0 aliphatic rings. The van der Waals surface area contributed by atoms with Crippen molar-refractivity contribution in [2.75, 3.05) is 31.1 Å². The van der Waals surface area contributed by atoms with E-state index in [2.05, 4.69) is 18.7 Å². The summed E-state index contributed by atoms with van der Waals surface area (Å²) in [5.74, 6) is -0.165. The summed E-state index contributed by atoms with van der Waals surface area (Å²) in [6.07, 6.45) is 0. The van der Waals surface area contributed by atoms with Gasteiger partial charge in [0.15, 0.2) is 10.9 Å². The SMILES string of the molecule is CCN(CC)CCN(C(=O)c1ccc(C(=O)c2ccccc2)cc1)c1nc2c(C)cccc2s1. The van der Waals surface area contributed by atoms with Crippen molar-refractivity contribution >= 4 is 38.4 Å². The molecule has 0 bridgehead atoms. The molecular formula is C28H29N3O2S. The number of carbonyl (C=O) groups is 2. The van der Waals surface area contributed by atoms with Gasteiger partial charge in [0.2, 0.25) is 0 Å². The molecule has 0 spiro atoms. The van der Waals surface area contributed by atoms with Crippen LogP contribution in [0, 0.1) is 6.92 Å². The van der Waals surface area contributed by atoms with E-state index < -0.39 is 0 Å². The van der Waals surface area contributed by atoms with E-state index in [0.717, 1.165) is 35.4 Å². The summed E-state index contributed by atoms with van der Waals surface area (Å²) < 4.78 is 1.07. The van der Waals surface area contributed by atoms with E-state index in [4.69, 9.17) is 4.98 Å². The summed E-state index contributed by atoms with van der Waals surface area (Å²) in [7, 11) is 0.